The zero-order valence-electron chi connectivity index (χ0n) is 11.3. The van der Waals surface area contributed by atoms with Gasteiger partial charge in [0.15, 0.2) is 0 Å². The topological polar surface area (TPSA) is 136 Å². The first-order valence-electron chi connectivity index (χ1n) is 5.74. The highest BCUT2D eigenvalue weighted by molar-refractivity contribution is 7.89. The summed E-state index contributed by atoms with van der Waals surface area (Å²) in [6.07, 6.45) is 0. The van der Waals surface area contributed by atoms with Crippen LogP contribution in [0.4, 0.5) is 5.69 Å². The van der Waals surface area contributed by atoms with Crippen molar-refractivity contribution in [3.8, 4) is 5.75 Å². The molecule has 0 saturated carbocycles. The van der Waals surface area contributed by atoms with Gasteiger partial charge in [0.05, 0.1) is 24.0 Å². The molecule has 0 bridgehead atoms. The number of carboxylic acids is 1. The largest absolute Gasteiger partial charge is 0.495 e. The monoisotopic (exact) mass is 318 g/mol. The summed E-state index contributed by atoms with van der Waals surface area (Å²) in [7, 11) is -2.86. The van der Waals surface area contributed by atoms with Crippen molar-refractivity contribution in [2.75, 3.05) is 13.7 Å². The standard InChI is InChI=1S/C11H14N2O7S/c1-7(11(14)15)6-12-21(18,19)10-4-3-8(13(16)17)5-9(10)20-2/h3-5,7,12H,6H2,1-2H3,(H,14,15). The minimum absolute atomic E-state index is 0.195. The minimum Gasteiger partial charge on any atom is -0.495 e. The van der Waals surface area contributed by atoms with E-state index in [9.17, 15) is 23.3 Å². The highest BCUT2D eigenvalue weighted by atomic mass is 32.2. The number of hydrogen-bond acceptors (Lipinski definition) is 6. The van der Waals surface area contributed by atoms with Crippen molar-refractivity contribution in [2.24, 2.45) is 5.92 Å². The number of nitro groups is 1. The summed E-state index contributed by atoms with van der Waals surface area (Å²) in [5.41, 5.74) is -0.315. The molecular formula is C11H14N2O7S. The van der Waals surface area contributed by atoms with E-state index in [4.69, 9.17) is 9.84 Å². The Kier molecular flexibility index (Phi) is 5.22. The number of nitrogens with zero attached hydrogens (tertiary/aromatic N) is 1. The van der Waals surface area contributed by atoms with Crippen LogP contribution in [0, 0.1) is 16.0 Å². The van der Waals surface area contributed by atoms with E-state index in [1.807, 2.05) is 0 Å². The quantitative estimate of drug-likeness (QED) is 0.555. The maximum Gasteiger partial charge on any atom is 0.307 e. The second-order valence-electron chi connectivity index (χ2n) is 4.18. The van der Waals surface area contributed by atoms with E-state index in [1.54, 1.807) is 0 Å². The van der Waals surface area contributed by atoms with Crippen LogP contribution in [0.15, 0.2) is 23.1 Å². The number of non-ortho nitro benzene ring substituents is 1. The molecule has 0 heterocycles. The van der Waals surface area contributed by atoms with Crippen LogP contribution in [0.3, 0.4) is 0 Å². The smallest absolute Gasteiger partial charge is 0.307 e. The molecule has 21 heavy (non-hydrogen) atoms. The number of methoxy groups -OCH3 is 1. The molecule has 0 radical (unpaired) electrons. The van der Waals surface area contributed by atoms with Gasteiger partial charge in [-0.1, -0.05) is 6.92 Å². The zero-order chi connectivity index (χ0) is 16.2. The highest BCUT2D eigenvalue weighted by Crippen LogP contribution is 2.28. The predicted octanol–water partition coefficient (Wildman–Crippen LogP) is 0.602. The molecule has 1 atom stereocenters. The Balaban J connectivity index is 3.08. The summed E-state index contributed by atoms with van der Waals surface area (Å²) >= 11 is 0. The van der Waals surface area contributed by atoms with Crippen molar-refractivity contribution in [3.05, 3.63) is 28.3 Å². The molecular weight excluding hydrogens is 304 g/mol. The van der Waals surface area contributed by atoms with Gasteiger partial charge in [0.1, 0.15) is 10.6 Å². The molecule has 0 aliphatic rings. The van der Waals surface area contributed by atoms with Crippen molar-refractivity contribution in [2.45, 2.75) is 11.8 Å². The molecule has 2 N–H and O–H groups in total. The second-order valence-corrected chi connectivity index (χ2v) is 5.92. The Morgan fingerprint density at radius 3 is 2.62 bits per heavy atom. The lowest BCUT2D eigenvalue weighted by atomic mass is 10.2. The first kappa shape index (κ1) is 16.9. The first-order chi connectivity index (χ1) is 9.69. The van der Waals surface area contributed by atoms with E-state index in [1.165, 1.54) is 14.0 Å². The number of nitro benzene ring substituents is 1. The number of rotatable bonds is 7. The number of carboxylic acid groups (broad SMARTS) is 1. The molecule has 116 valence electrons. The van der Waals surface area contributed by atoms with Crippen LogP contribution in [0.25, 0.3) is 0 Å². The van der Waals surface area contributed by atoms with Crippen LogP contribution in [-0.2, 0) is 14.8 Å². The molecule has 0 fully saturated rings. The van der Waals surface area contributed by atoms with Gasteiger partial charge in [-0.3, -0.25) is 14.9 Å². The number of nitrogens with one attached hydrogen (secondary N) is 1. The van der Waals surface area contributed by atoms with Gasteiger partial charge < -0.3 is 9.84 Å². The van der Waals surface area contributed by atoms with Gasteiger partial charge >= 0.3 is 5.97 Å². The van der Waals surface area contributed by atoms with Gasteiger partial charge in [0, 0.05) is 12.6 Å². The lowest BCUT2D eigenvalue weighted by molar-refractivity contribution is -0.385. The molecule has 0 amide bonds. The Morgan fingerprint density at radius 1 is 1.52 bits per heavy atom. The molecule has 1 aromatic carbocycles. The van der Waals surface area contributed by atoms with Crippen LogP contribution in [0.2, 0.25) is 0 Å². The van der Waals surface area contributed by atoms with Crippen molar-refractivity contribution in [3.63, 3.8) is 0 Å². The normalized spacial score (nSPS) is 12.7. The van der Waals surface area contributed by atoms with E-state index in [0.717, 1.165) is 18.2 Å². The van der Waals surface area contributed by atoms with E-state index >= 15 is 0 Å². The van der Waals surface area contributed by atoms with Crippen LogP contribution >= 0.6 is 0 Å². The van der Waals surface area contributed by atoms with Crippen molar-refractivity contribution < 1.29 is 28.0 Å². The van der Waals surface area contributed by atoms with Crippen molar-refractivity contribution in [1.82, 2.24) is 4.72 Å². The molecule has 0 saturated heterocycles. The fourth-order valence-electron chi connectivity index (χ4n) is 1.39. The summed E-state index contributed by atoms with van der Waals surface area (Å²) in [6, 6.07) is 3.04. The molecule has 0 aliphatic heterocycles. The van der Waals surface area contributed by atoms with Crippen LogP contribution < -0.4 is 9.46 Å². The summed E-state index contributed by atoms with van der Waals surface area (Å²) in [4.78, 5) is 20.3. The maximum atomic E-state index is 12.1. The summed E-state index contributed by atoms with van der Waals surface area (Å²) in [6.45, 7) is 1.04. The lowest BCUT2D eigenvalue weighted by Crippen LogP contribution is -2.31. The molecule has 1 aromatic rings. The van der Waals surface area contributed by atoms with E-state index in [-0.39, 0.29) is 22.9 Å². The Bertz CT molecular complexity index is 657. The van der Waals surface area contributed by atoms with Gasteiger partial charge in [0.2, 0.25) is 10.0 Å². The summed E-state index contributed by atoms with van der Waals surface area (Å²) in [5, 5.41) is 19.4. The summed E-state index contributed by atoms with van der Waals surface area (Å²) in [5.74, 6) is -2.25. The molecule has 0 aliphatic carbocycles. The molecule has 9 nitrogen and oxygen atoms in total. The van der Waals surface area contributed by atoms with Crippen LogP contribution in [0.1, 0.15) is 6.92 Å². The van der Waals surface area contributed by atoms with Crippen molar-refractivity contribution in [1.29, 1.82) is 0 Å². The molecule has 1 unspecified atom stereocenters. The maximum absolute atomic E-state index is 12.1. The average molecular weight is 318 g/mol. The third kappa shape index (κ3) is 4.13. The third-order valence-corrected chi connectivity index (χ3v) is 4.11. The summed E-state index contributed by atoms with van der Waals surface area (Å²) < 4.78 is 31.1. The van der Waals surface area contributed by atoms with E-state index < -0.39 is 26.8 Å². The SMILES string of the molecule is COc1cc([N+](=O)[O-])ccc1S(=O)(=O)NCC(C)C(=O)O. The Labute approximate surface area is 120 Å². The number of benzene rings is 1. The fourth-order valence-corrected chi connectivity index (χ4v) is 2.67. The number of ether oxygens (including phenoxy) is 1. The van der Waals surface area contributed by atoms with Gasteiger partial charge in [-0.2, -0.15) is 0 Å². The molecule has 1 rings (SSSR count). The lowest BCUT2D eigenvalue weighted by Gasteiger charge is -2.12. The molecule has 10 heteroatoms. The van der Waals surface area contributed by atoms with Crippen LogP contribution in [-0.4, -0.2) is 38.1 Å². The predicted molar refractivity (Wildman–Crippen MR) is 71.6 cm³/mol. The van der Waals surface area contributed by atoms with Crippen molar-refractivity contribution >= 4 is 21.7 Å². The number of sulfonamides is 1. The third-order valence-electron chi connectivity index (χ3n) is 2.65. The fraction of sp³-hybridized carbons (Fsp3) is 0.364. The minimum atomic E-state index is -4.04. The number of hydrogen-bond donors (Lipinski definition) is 2. The van der Waals surface area contributed by atoms with E-state index in [0.29, 0.717) is 0 Å². The molecule has 0 spiro atoms. The van der Waals surface area contributed by atoms with Crippen LogP contribution in [0.5, 0.6) is 5.75 Å². The van der Waals surface area contributed by atoms with Gasteiger partial charge in [-0.25, -0.2) is 13.1 Å². The van der Waals surface area contributed by atoms with Gasteiger partial charge in [-0.05, 0) is 6.07 Å². The number of carbonyl (C=O) groups is 1. The van der Waals surface area contributed by atoms with Gasteiger partial charge in [0.25, 0.3) is 5.69 Å². The average Bonchev–Trinajstić information content (AvgIpc) is 2.43. The highest BCUT2D eigenvalue weighted by Gasteiger charge is 2.23. The Hall–Kier alpha value is -2.20. The molecule has 0 aromatic heterocycles. The Morgan fingerprint density at radius 2 is 2.14 bits per heavy atom. The van der Waals surface area contributed by atoms with E-state index in [2.05, 4.69) is 4.72 Å². The second kappa shape index (κ2) is 6.50. The number of aliphatic carboxylic acids is 1. The zero-order valence-corrected chi connectivity index (χ0v) is 12.1. The first-order valence-corrected chi connectivity index (χ1v) is 7.22. The van der Waals surface area contributed by atoms with Gasteiger partial charge in [-0.15, -0.1) is 0 Å².